The van der Waals surface area contributed by atoms with E-state index in [1.165, 1.54) is 47.6 Å². The number of nitrogens with zero attached hydrogens (tertiary/aromatic N) is 3. The second kappa shape index (κ2) is 9.53. The van der Waals surface area contributed by atoms with Gasteiger partial charge in [0, 0.05) is 17.8 Å². The first kappa shape index (κ1) is 23.3. The van der Waals surface area contributed by atoms with Gasteiger partial charge >= 0.3 is 6.18 Å². The topological polar surface area (TPSA) is 119 Å². The summed E-state index contributed by atoms with van der Waals surface area (Å²) in [5.41, 5.74) is -0.818. The summed E-state index contributed by atoms with van der Waals surface area (Å²) in [5, 5.41) is 29.4. The van der Waals surface area contributed by atoms with Gasteiger partial charge in [-0.2, -0.15) is 23.3 Å². The normalized spacial score (nSPS) is 17.1. The number of anilines is 1. The number of aromatic nitrogens is 1. The highest BCUT2D eigenvalue weighted by Crippen LogP contribution is 2.33. The van der Waals surface area contributed by atoms with Crippen LogP contribution >= 0.6 is 0 Å². The third-order valence-electron chi connectivity index (χ3n) is 4.95. The molecule has 12 heteroatoms. The number of amides is 1. The fourth-order valence-electron chi connectivity index (χ4n) is 3.34. The van der Waals surface area contributed by atoms with E-state index in [1.807, 2.05) is 0 Å². The Morgan fingerprint density at radius 1 is 1.18 bits per heavy atom. The van der Waals surface area contributed by atoms with Crippen molar-refractivity contribution in [2.24, 2.45) is 5.10 Å². The van der Waals surface area contributed by atoms with Crippen LogP contribution in [0.1, 0.15) is 11.1 Å². The van der Waals surface area contributed by atoms with Gasteiger partial charge < -0.3 is 25.6 Å². The smallest absolute Gasteiger partial charge is 0.417 e. The maximum absolute atomic E-state index is 13.5. The molecule has 2 aromatic rings. The van der Waals surface area contributed by atoms with Crippen molar-refractivity contribution in [2.75, 3.05) is 18.5 Å². The minimum absolute atomic E-state index is 0.0548. The van der Waals surface area contributed by atoms with Crippen LogP contribution in [0.4, 0.5) is 19.0 Å². The van der Waals surface area contributed by atoms with Gasteiger partial charge in [0.2, 0.25) is 5.88 Å². The number of halogens is 3. The Kier molecular flexibility index (Phi) is 6.52. The van der Waals surface area contributed by atoms with Crippen LogP contribution in [0.25, 0.3) is 0 Å². The van der Waals surface area contributed by atoms with Crippen molar-refractivity contribution in [1.82, 2.24) is 15.3 Å². The molecule has 3 heterocycles. The van der Waals surface area contributed by atoms with Gasteiger partial charge in [-0.3, -0.25) is 4.79 Å². The van der Waals surface area contributed by atoms with Crippen molar-refractivity contribution in [3.8, 4) is 5.88 Å². The van der Waals surface area contributed by atoms with Crippen molar-refractivity contribution in [3.05, 3.63) is 77.6 Å². The predicted molar refractivity (Wildman–Crippen MR) is 115 cm³/mol. The van der Waals surface area contributed by atoms with E-state index in [0.717, 1.165) is 6.07 Å². The number of carbonyl (C=O) groups excluding carboxylic acids is 1. The second-order valence-electron chi connectivity index (χ2n) is 7.29. The first-order valence-corrected chi connectivity index (χ1v) is 10.2. The average molecular weight is 475 g/mol. The zero-order valence-electron chi connectivity index (χ0n) is 17.5. The third-order valence-corrected chi connectivity index (χ3v) is 4.95. The molecule has 1 amide bonds. The number of alkyl halides is 3. The first-order chi connectivity index (χ1) is 16.3. The highest BCUT2D eigenvalue weighted by atomic mass is 19.4. The summed E-state index contributed by atoms with van der Waals surface area (Å²) < 4.78 is 45.7. The zero-order chi connectivity index (χ0) is 24.3. The molecule has 4 rings (SSSR count). The second-order valence-corrected chi connectivity index (χ2v) is 7.29. The Labute approximate surface area is 191 Å². The van der Waals surface area contributed by atoms with Gasteiger partial charge in [0.25, 0.3) is 5.91 Å². The van der Waals surface area contributed by atoms with E-state index in [1.54, 1.807) is 12.1 Å². The molecule has 0 spiro atoms. The molecule has 0 bridgehead atoms. The quantitative estimate of drug-likeness (QED) is 0.482. The lowest BCUT2D eigenvalue weighted by molar-refractivity contribution is -0.137. The molecular weight excluding hydrogens is 455 g/mol. The van der Waals surface area contributed by atoms with E-state index >= 15 is 0 Å². The SMILES string of the molecule is O=C(Nc1cccc(OC(CO)CO)n1)C1=CNC2C=CC(c3ccccc3C(F)(F)F)=NN12. The number of hydrogen-bond acceptors (Lipinski definition) is 8. The van der Waals surface area contributed by atoms with E-state index in [0.29, 0.717) is 0 Å². The minimum Gasteiger partial charge on any atom is -0.469 e. The van der Waals surface area contributed by atoms with Crippen molar-refractivity contribution >= 4 is 17.4 Å². The van der Waals surface area contributed by atoms with Crippen LogP contribution in [0.2, 0.25) is 0 Å². The minimum atomic E-state index is -4.56. The number of nitrogens with one attached hydrogen (secondary N) is 2. The molecule has 1 aromatic carbocycles. The van der Waals surface area contributed by atoms with E-state index < -0.39 is 43.1 Å². The summed E-state index contributed by atoms with van der Waals surface area (Å²) >= 11 is 0. The number of hydrazone groups is 1. The Morgan fingerprint density at radius 3 is 2.68 bits per heavy atom. The van der Waals surface area contributed by atoms with Crippen molar-refractivity contribution in [2.45, 2.75) is 18.4 Å². The molecule has 0 saturated heterocycles. The molecule has 0 fully saturated rings. The molecule has 34 heavy (non-hydrogen) atoms. The monoisotopic (exact) mass is 475 g/mol. The lowest BCUT2D eigenvalue weighted by atomic mass is 10.0. The summed E-state index contributed by atoms with van der Waals surface area (Å²) in [4.78, 5) is 17.0. The van der Waals surface area contributed by atoms with Crippen LogP contribution < -0.4 is 15.4 Å². The molecule has 0 aliphatic carbocycles. The van der Waals surface area contributed by atoms with Crippen molar-refractivity contribution in [1.29, 1.82) is 0 Å². The maximum atomic E-state index is 13.5. The molecule has 4 N–H and O–H groups in total. The fourth-order valence-corrected chi connectivity index (χ4v) is 3.34. The van der Waals surface area contributed by atoms with E-state index in [-0.39, 0.29) is 28.7 Å². The summed E-state index contributed by atoms with van der Waals surface area (Å²) in [6.45, 7) is -0.843. The molecule has 9 nitrogen and oxygen atoms in total. The molecule has 1 atom stereocenters. The number of benzene rings is 1. The van der Waals surface area contributed by atoms with Crippen molar-refractivity contribution in [3.63, 3.8) is 0 Å². The standard InChI is InChI=1S/C22H20F3N5O4/c23-22(24,25)15-5-2-1-4-14(15)16-8-9-19-26-10-17(30(19)29-16)21(33)28-18-6-3-7-20(27-18)34-13(11-31)12-32/h1-10,13,19,26,31-32H,11-12H2,(H,27,28,33). The van der Waals surface area contributed by atoms with E-state index in [2.05, 4.69) is 20.7 Å². The van der Waals surface area contributed by atoms with Crippen molar-refractivity contribution < 1.29 is 32.9 Å². The van der Waals surface area contributed by atoms with Crippen LogP contribution in [-0.4, -0.2) is 57.3 Å². The highest BCUT2D eigenvalue weighted by Gasteiger charge is 2.36. The van der Waals surface area contributed by atoms with Gasteiger partial charge in [-0.15, -0.1) is 0 Å². The lowest BCUT2D eigenvalue weighted by Crippen LogP contribution is -2.37. The summed E-state index contributed by atoms with van der Waals surface area (Å²) in [6, 6.07) is 9.63. The van der Waals surface area contributed by atoms with Crippen LogP contribution in [0.5, 0.6) is 5.88 Å². The summed E-state index contributed by atoms with van der Waals surface area (Å²) in [6.07, 6.45) is -1.50. The molecule has 0 saturated carbocycles. The van der Waals surface area contributed by atoms with Crippen LogP contribution in [0.3, 0.4) is 0 Å². The first-order valence-electron chi connectivity index (χ1n) is 10.2. The number of carbonyl (C=O) groups is 1. The van der Waals surface area contributed by atoms with Gasteiger partial charge in [0.05, 0.1) is 24.5 Å². The molecule has 178 valence electrons. The maximum Gasteiger partial charge on any atom is 0.417 e. The molecule has 1 aromatic heterocycles. The lowest BCUT2D eigenvalue weighted by Gasteiger charge is -2.26. The number of allylic oxidation sites excluding steroid dienone is 1. The number of aliphatic hydroxyl groups is 2. The summed E-state index contributed by atoms with van der Waals surface area (Å²) in [7, 11) is 0. The van der Waals surface area contributed by atoms with Gasteiger partial charge in [0.1, 0.15) is 23.8 Å². The number of aliphatic hydroxyl groups excluding tert-OH is 2. The average Bonchev–Trinajstić information content (AvgIpc) is 3.25. The fraction of sp³-hybridized carbons (Fsp3) is 0.227. The number of fused-ring (bicyclic) bond motifs is 1. The largest absolute Gasteiger partial charge is 0.469 e. The van der Waals surface area contributed by atoms with E-state index in [4.69, 9.17) is 14.9 Å². The third kappa shape index (κ3) is 4.87. The Balaban J connectivity index is 1.53. The summed E-state index contributed by atoms with van der Waals surface area (Å²) in [5.74, 6) is -0.407. The Hall–Kier alpha value is -3.90. The predicted octanol–water partition coefficient (Wildman–Crippen LogP) is 1.82. The number of pyridine rings is 1. The van der Waals surface area contributed by atoms with Crippen LogP contribution in [-0.2, 0) is 11.0 Å². The molecule has 0 radical (unpaired) electrons. The number of hydrogen-bond donors (Lipinski definition) is 4. The van der Waals surface area contributed by atoms with Gasteiger partial charge in [-0.1, -0.05) is 24.3 Å². The molecule has 2 aliphatic heterocycles. The van der Waals surface area contributed by atoms with E-state index in [9.17, 15) is 18.0 Å². The number of rotatable bonds is 7. The number of ether oxygens (including phenoxy) is 1. The Morgan fingerprint density at radius 2 is 1.94 bits per heavy atom. The van der Waals surface area contributed by atoms with Gasteiger partial charge in [0.15, 0.2) is 0 Å². The zero-order valence-corrected chi connectivity index (χ0v) is 17.5. The highest BCUT2D eigenvalue weighted by molar-refractivity contribution is 6.11. The van der Waals surface area contributed by atoms with Crippen LogP contribution in [0.15, 0.2) is 71.6 Å². The molecular formula is C22H20F3N5O4. The van der Waals surface area contributed by atoms with Gasteiger partial charge in [-0.25, -0.2) is 5.01 Å². The van der Waals surface area contributed by atoms with Gasteiger partial charge in [-0.05, 0) is 24.3 Å². The van der Waals surface area contributed by atoms with Crippen LogP contribution in [0, 0.1) is 0 Å². The molecule has 2 aliphatic rings. The molecule has 1 unspecified atom stereocenters. The Bertz CT molecular complexity index is 1160.